The third kappa shape index (κ3) is 6.43. The van der Waals surface area contributed by atoms with Crippen LogP contribution in [-0.4, -0.2) is 44.0 Å². The summed E-state index contributed by atoms with van der Waals surface area (Å²) in [6.07, 6.45) is 0. The van der Waals surface area contributed by atoms with Gasteiger partial charge in [0.2, 0.25) is 0 Å². The molecule has 0 aliphatic rings. The number of hydrogen-bond acceptors (Lipinski definition) is 5. The van der Waals surface area contributed by atoms with Crippen molar-refractivity contribution in [3.63, 3.8) is 0 Å². The fourth-order valence-corrected chi connectivity index (χ4v) is 3.12. The minimum atomic E-state index is -2.96. The third-order valence-electron chi connectivity index (χ3n) is 2.93. The van der Waals surface area contributed by atoms with Crippen molar-refractivity contribution in [2.75, 3.05) is 24.6 Å². The summed E-state index contributed by atoms with van der Waals surface area (Å²) in [5.41, 5.74) is 1.04. The first-order chi connectivity index (χ1) is 9.88. The zero-order valence-electron chi connectivity index (χ0n) is 13.1. The van der Waals surface area contributed by atoms with Crippen molar-refractivity contribution in [2.24, 2.45) is 4.99 Å². The number of aromatic nitrogens is 1. The Labute approximate surface area is 131 Å². The van der Waals surface area contributed by atoms with Crippen LogP contribution in [0.15, 0.2) is 4.99 Å². The van der Waals surface area contributed by atoms with Gasteiger partial charge in [0.15, 0.2) is 15.8 Å². The molecule has 0 amide bonds. The molecular weight excluding hydrogens is 308 g/mol. The van der Waals surface area contributed by atoms with Gasteiger partial charge in [0.25, 0.3) is 0 Å². The monoisotopic (exact) mass is 332 g/mol. The van der Waals surface area contributed by atoms with Crippen molar-refractivity contribution >= 4 is 27.1 Å². The molecule has 6 nitrogen and oxygen atoms in total. The molecular formula is C13H24N4O2S2. The standard InChI is InChI=1S/C13H24N4O2S2/c1-5-14-13(15-7-8-21(18,19)6-2)16-9-12-17-10(3)11(4)20-12/h5-9H2,1-4H3,(H2,14,15,16). The predicted molar refractivity (Wildman–Crippen MR) is 88.7 cm³/mol. The number of sulfone groups is 1. The summed E-state index contributed by atoms with van der Waals surface area (Å²) in [6, 6.07) is 0. The van der Waals surface area contributed by atoms with Gasteiger partial charge < -0.3 is 10.6 Å². The molecule has 0 bridgehead atoms. The maximum absolute atomic E-state index is 11.4. The molecule has 1 aromatic heterocycles. The van der Waals surface area contributed by atoms with E-state index in [9.17, 15) is 8.42 Å². The Kier molecular flexibility index (Phi) is 7.10. The molecule has 21 heavy (non-hydrogen) atoms. The van der Waals surface area contributed by atoms with E-state index in [1.807, 2.05) is 20.8 Å². The van der Waals surface area contributed by atoms with Crippen LogP contribution in [-0.2, 0) is 16.4 Å². The molecule has 1 heterocycles. The largest absolute Gasteiger partial charge is 0.357 e. The van der Waals surface area contributed by atoms with Crippen molar-refractivity contribution in [3.05, 3.63) is 15.6 Å². The smallest absolute Gasteiger partial charge is 0.191 e. The first-order valence-electron chi connectivity index (χ1n) is 7.03. The van der Waals surface area contributed by atoms with Gasteiger partial charge in [-0.2, -0.15) is 0 Å². The van der Waals surface area contributed by atoms with E-state index in [-0.39, 0.29) is 11.5 Å². The Bertz CT molecular complexity index is 559. The van der Waals surface area contributed by atoms with Crippen LogP contribution in [0.1, 0.15) is 29.4 Å². The van der Waals surface area contributed by atoms with E-state index in [1.54, 1.807) is 18.3 Å². The highest BCUT2D eigenvalue weighted by atomic mass is 32.2. The number of aliphatic imine (C=N–C) groups is 1. The molecule has 0 spiro atoms. The summed E-state index contributed by atoms with van der Waals surface area (Å²) >= 11 is 1.64. The van der Waals surface area contributed by atoms with Gasteiger partial charge in [-0.25, -0.2) is 18.4 Å². The van der Waals surface area contributed by atoms with Crippen LogP contribution in [0.4, 0.5) is 0 Å². The van der Waals surface area contributed by atoms with Crippen LogP contribution in [0, 0.1) is 13.8 Å². The van der Waals surface area contributed by atoms with Crippen LogP contribution in [0.3, 0.4) is 0 Å². The van der Waals surface area contributed by atoms with Gasteiger partial charge in [0.05, 0.1) is 18.0 Å². The second kappa shape index (κ2) is 8.33. The van der Waals surface area contributed by atoms with Crippen molar-refractivity contribution in [3.8, 4) is 0 Å². The SMILES string of the molecule is CCNC(=NCc1nc(C)c(C)s1)NCCS(=O)(=O)CC. The maximum atomic E-state index is 11.4. The van der Waals surface area contributed by atoms with Gasteiger partial charge in [-0.1, -0.05) is 6.92 Å². The predicted octanol–water partition coefficient (Wildman–Crippen LogP) is 1.25. The molecule has 0 saturated carbocycles. The fourth-order valence-electron chi connectivity index (χ4n) is 1.56. The minimum Gasteiger partial charge on any atom is -0.357 e. The first kappa shape index (κ1) is 17.9. The summed E-state index contributed by atoms with van der Waals surface area (Å²) in [5, 5.41) is 7.10. The van der Waals surface area contributed by atoms with E-state index in [0.29, 0.717) is 19.0 Å². The average Bonchev–Trinajstić information content (AvgIpc) is 2.75. The van der Waals surface area contributed by atoms with Crippen LogP contribution in [0.2, 0.25) is 0 Å². The van der Waals surface area contributed by atoms with Crippen LogP contribution < -0.4 is 10.6 Å². The molecule has 0 radical (unpaired) electrons. The molecule has 0 aliphatic heterocycles. The molecule has 0 aliphatic carbocycles. The second-order valence-electron chi connectivity index (χ2n) is 4.61. The minimum absolute atomic E-state index is 0.114. The Hall–Kier alpha value is -1.15. The van der Waals surface area contributed by atoms with Gasteiger partial charge >= 0.3 is 0 Å². The van der Waals surface area contributed by atoms with Gasteiger partial charge in [-0.05, 0) is 20.8 Å². The summed E-state index contributed by atoms with van der Waals surface area (Å²) in [5.74, 6) is 0.901. The van der Waals surface area contributed by atoms with Crippen molar-refractivity contribution in [2.45, 2.75) is 34.2 Å². The lowest BCUT2D eigenvalue weighted by Crippen LogP contribution is -2.39. The molecule has 2 N–H and O–H groups in total. The summed E-state index contributed by atoms with van der Waals surface area (Å²) < 4.78 is 22.9. The highest BCUT2D eigenvalue weighted by Crippen LogP contribution is 2.16. The normalized spacial score (nSPS) is 12.5. The number of nitrogens with one attached hydrogen (secondary N) is 2. The third-order valence-corrected chi connectivity index (χ3v) is 5.70. The number of rotatable bonds is 7. The van der Waals surface area contributed by atoms with Crippen LogP contribution in [0.5, 0.6) is 0 Å². The number of guanidine groups is 1. The highest BCUT2D eigenvalue weighted by molar-refractivity contribution is 7.91. The second-order valence-corrected chi connectivity index (χ2v) is 8.37. The van der Waals surface area contributed by atoms with E-state index in [0.717, 1.165) is 17.2 Å². The van der Waals surface area contributed by atoms with Gasteiger partial charge in [-0.15, -0.1) is 11.3 Å². The lowest BCUT2D eigenvalue weighted by Gasteiger charge is -2.10. The quantitative estimate of drug-likeness (QED) is 0.580. The zero-order valence-corrected chi connectivity index (χ0v) is 14.7. The van der Waals surface area contributed by atoms with Gasteiger partial charge in [-0.3, -0.25) is 0 Å². The van der Waals surface area contributed by atoms with Crippen molar-refractivity contribution < 1.29 is 8.42 Å². The average molecular weight is 332 g/mol. The van der Waals surface area contributed by atoms with E-state index in [4.69, 9.17) is 0 Å². The molecule has 1 rings (SSSR count). The van der Waals surface area contributed by atoms with Crippen molar-refractivity contribution in [1.82, 2.24) is 15.6 Å². The molecule has 8 heteroatoms. The summed E-state index contributed by atoms with van der Waals surface area (Å²) in [7, 11) is -2.96. The topological polar surface area (TPSA) is 83.4 Å². The molecule has 0 unspecified atom stereocenters. The van der Waals surface area contributed by atoms with Crippen molar-refractivity contribution in [1.29, 1.82) is 0 Å². The lowest BCUT2D eigenvalue weighted by atomic mass is 10.4. The van der Waals surface area contributed by atoms with Crippen LogP contribution >= 0.6 is 11.3 Å². The van der Waals surface area contributed by atoms with E-state index < -0.39 is 9.84 Å². The fraction of sp³-hybridized carbons (Fsp3) is 0.692. The van der Waals surface area contributed by atoms with Gasteiger partial charge in [0.1, 0.15) is 5.01 Å². The number of aryl methyl sites for hydroxylation is 2. The molecule has 0 fully saturated rings. The Morgan fingerprint density at radius 2 is 2.00 bits per heavy atom. The van der Waals surface area contributed by atoms with E-state index in [1.165, 1.54) is 4.88 Å². The number of nitrogens with zero attached hydrogens (tertiary/aromatic N) is 2. The Balaban J connectivity index is 2.57. The Morgan fingerprint density at radius 3 is 2.52 bits per heavy atom. The van der Waals surface area contributed by atoms with Crippen LogP contribution in [0.25, 0.3) is 0 Å². The highest BCUT2D eigenvalue weighted by Gasteiger charge is 2.08. The molecule has 120 valence electrons. The summed E-state index contributed by atoms with van der Waals surface area (Å²) in [6.45, 7) is 9.23. The van der Waals surface area contributed by atoms with E-state index >= 15 is 0 Å². The van der Waals surface area contributed by atoms with E-state index in [2.05, 4.69) is 20.6 Å². The number of thiazole rings is 1. The lowest BCUT2D eigenvalue weighted by molar-refractivity contribution is 0.595. The molecule has 0 aromatic carbocycles. The summed E-state index contributed by atoms with van der Waals surface area (Å²) in [4.78, 5) is 10.1. The molecule has 0 saturated heterocycles. The Morgan fingerprint density at radius 1 is 1.29 bits per heavy atom. The first-order valence-corrected chi connectivity index (χ1v) is 9.67. The molecule has 0 atom stereocenters. The molecule has 1 aromatic rings. The van der Waals surface area contributed by atoms with Gasteiger partial charge in [0, 0.05) is 23.7 Å². The number of hydrogen-bond donors (Lipinski definition) is 2. The zero-order chi connectivity index (χ0) is 15.9. The maximum Gasteiger partial charge on any atom is 0.191 e.